The Morgan fingerprint density at radius 1 is 0.844 bits per heavy atom. The van der Waals surface area contributed by atoms with Gasteiger partial charge in [-0.1, -0.05) is 35.9 Å². The number of fused-ring (bicyclic) bond motifs is 1. The van der Waals surface area contributed by atoms with Crippen LogP contribution in [0.1, 0.15) is 0 Å². The van der Waals surface area contributed by atoms with Crippen LogP contribution in [0.15, 0.2) is 71.6 Å². The molecule has 0 aliphatic carbocycles. The minimum absolute atomic E-state index is 0.00786. The van der Waals surface area contributed by atoms with E-state index in [4.69, 9.17) is 21.1 Å². The van der Waals surface area contributed by atoms with Gasteiger partial charge in [0.05, 0.1) is 36.0 Å². The third-order valence-electron chi connectivity index (χ3n) is 4.59. The number of rotatable bonds is 7. The summed E-state index contributed by atoms with van der Waals surface area (Å²) in [5.41, 5.74) is 1.62. The van der Waals surface area contributed by atoms with Crippen molar-refractivity contribution < 1.29 is 17.9 Å². The molecule has 0 fully saturated rings. The third kappa shape index (κ3) is 4.39. The smallest absolute Gasteiger partial charge is 0.264 e. The number of para-hydroxylation sites is 2. The first-order valence-corrected chi connectivity index (χ1v) is 11.3. The average Bonchev–Trinajstić information content (AvgIpc) is 2.79. The van der Waals surface area contributed by atoms with Gasteiger partial charge < -0.3 is 14.8 Å². The van der Waals surface area contributed by atoms with Gasteiger partial charge in [-0.05, 0) is 36.4 Å². The van der Waals surface area contributed by atoms with Gasteiger partial charge in [-0.3, -0.25) is 4.72 Å². The molecule has 4 rings (SSSR count). The summed E-state index contributed by atoms with van der Waals surface area (Å²) in [6.07, 6.45) is 0. The zero-order valence-electron chi connectivity index (χ0n) is 17.2. The SMILES string of the molecule is COc1ccc(OC)c(Nc2nc3ccccc3nc2NS(=O)(=O)c2ccccc2Cl)c1. The molecule has 0 atom stereocenters. The number of methoxy groups -OCH3 is 2. The summed E-state index contributed by atoms with van der Waals surface area (Å²) < 4.78 is 39.3. The number of hydrogen-bond donors (Lipinski definition) is 2. The summed E-state index contributed by atoms with van der Waals surface area (Å²) in [7, 11) is -0.962. The van der Waals surface area contributed by atoms with E-state index in [-0.39, 0.29) is 21.6 Å². The first-order valence-electron chi connectivity index (χ1n) is 9.44. The molecule has 164 valence electrons. The Bertz CT molecular complexity index is 1400. The molecule has 1 heterocycles. The summed E-state index contributed by atoms with van der Waals surface area (Å²) in [5, 5.41) is 3.20. The highest BCUT2D eigenvalue weighted by atomic mass is 35.5. The maximum Gasteiger partial charge on any atom is 0.264 e. The number of benzene rings is 3. The molecule has 0 bridgehead atoms. The molecule has 4 aromatic rings. The Balaban J connectivity index is 1.83. The fourth-order valence-corrected chi connectivity index (χ4v) is 4.57. The molecule has 0 saturated heterocycles. The van der Waals surface area contributed by atoms with E-state index in [9.17, 15) is 8.42 Å². The maximum absolute atomic E-state index is 13.1. The first-order chi connectivity index (χ1) is 15.4. The number of nitrogens with one attached hydrogen (secondary N) is 2. The number of nitrogens with zero attached hydrogens (tertiary/aromatic N) is 2. The largest absolute Gasteiger partial charge is 0.497 e. The van der Waals surface area contributed by atoms with Crippen LogP contribution in [0.2, 0.25) is 5.02 Å². The predicted octanol–water partition coefficient (Wildman–Crippen LogP) is 4.84. The normalized spacial score (nSPS) is 11.2. The molecular formula is C22H19ClN4O4S. The minimum atomic E-state index is -4.04. The second-order valence-electron chi connectivity index (χ2n) is 6.64. The van der Waals surface area contributed by atoms with E-state index in [1.165, 1.54) is 19.2 Å². The molecule has 0 spiro atoms. The van der Waals surface area contributed by atoms with Crippen molar-refractivity contribution in [2.75, 3.05) is 24.3 Å². The molecular weight excluding hydrogens is 452 g/mol. The van der Waals surface area contributed by atoms with Crippen molar-refractivity contribution in [2.24, 2.45) is 0 Å². The van der Waals surface area contributed by atoms with Crippen molar-refractivity contribution in [3.63, 3.8) is 0 Å². The lowest BCUT2D eigenvalue weighted by Gasteiger charge is -2.16. The van der Waals surface area contributed by atoms with Gasteiger partial charge in [0.15, 0.2) is 11.6 Å². The van der Waals surface area contributed by atoms with Crippen LogP contribution < -0.4 is 19.5 Å². The molecule has 0 amide bonds. The van der Waals surface area contributed by atoms with E-state index in [1.54, 1.807) is 55.6 Å². The predicted molar refractivity (Wildman–Crippen MR) is 125 cm³/mol. The van der Waals surface area contributed by atoms with E-state index in [0.717, 1.165) is 0 Å². The van der Waals surface area contributed by atoms with Crippen molar-refractivity contribution in [3.05, 3.63) is 71.8 Å². The van der Waals surface area contributed by atoms with Crippen LogP contribution in [0.5, 0.6) is 11.5 Å². The molecule has 0 unspecified atom stereocenters. The Hall–Kier alpha value is -3.56. The fraction of sp³-hybridized carbons (Fsp3) is 0.0909. The Morgan fingerprint density at radius 3 is 2.16 bits per heavy atom. The van der Waals surface area contributed by atoms with Gasteiger partial charge in [0.25, 0.3) is 10.0 Å². The maximum atomic E-state index is 13.1. The summed E-state index contributed by atoms with van der Waals surface area (Å²) in [5.74, 6) is 1.29. The number of sulfonamides is 1. The Kier molecular flexibility index (Phi) is 6.02. The summed E-state index contributed by atoms with van der Waals surface area (Å²) >= 11 is 6.11. The summed E-state index contributed by atoms with van der Waals surface area (Å²) in [6, 6.07) is 18.5. The zero-order valence-corrected chi connectivity index (χ0v) is 18.7. The van der Waals surface area contributed by atoms with Gasteiger partial charge >= 0.3 is 0 Å². The molecule has 0 radical (unpaired) electrons. The number of anilines is 3. The second-order valence-corrected chi connectivity index (χ2v) is 8.69. The molecule has 2 N–H and O–H groups in total. The highest BCUT2D eigenvalue weighted by Gasteiger charge is 2.22. The first kappa shape index (κ1) is 21.7. The number of ether oxygens (including phenoxy) is 2. The van der Waals surface area contributed by atoms with E-state index >= 15 is 0 Å². The van der Waals surface area contributed by atoms with Crippen LogP contribution in [-0.4, -0.2) is 32.6 Å². The van der Waals surface area contributed by atoms with Crippen LogP contribution in [0.25, 0.3) is 11.0 Å². The van der Waals surface area contributed by atoms with Crippen LogP contribution in [-0.2, 0) is 10.0 Å². The molecule has 0 aliphatic heterocycles. The van der Waals surface area contributed by atoms with Crippen molar-refractivity contribution >= 4 is 50.0 Å². The van der Waals surface area contributed by atoms with Gasteiger partial charge in [-0.2, -0.15) is 0 Å². The van der Waals surface area contributed by atoms with Crippen molar-refractivity contribution in [2.45, 2.75) is 4.90 Å². The van der Waals surface area contributed by atoms with E-state index in [2.05, 4.69) is 20.0 Å². The highest BCUT2D eigenvalue weighted by Crippen LogP contribution is 2.34. The van der Waals surface area contributed by atoms with Gasteiger partial charge in [-0.15, -0.1) is 0 Å². The Labute approximate surface area is 190 Å². The van der Waals surface area contributed by atoms with Gasteiger partial charge in [0, 0.05) is 6.07 Å². The number of hydrogen-bond acceptors (Lipinski definition) is 7. The molecule has 1 aromatic heterocycles. The fourth-order valence-electron chi connectivity index (χ4n) is 3.04. The van der Waals surface area contributed by atoms with Gasteiger partial charge in [0.1, 0.15) is 16.4 Å². The van der Waals surface area contributed by atoms with Crippen LogP contribution in [0.4, 0.5) is 17.3 Å². The quantitative estimate of drug-likeness (QED) is 0.398. The van der Waals surface area contributed by atoms with E-state index < -0.39 is 10.0 Å². The van der Waals surface area contributed by atoms with Crippen molar-refractivity contribution in [3.8, 4) is 11.5 Å². The Morgan fingerprint density at radius 2 is 1.50 bits per heavy atom. The average molecular weight is 471 g/mol. The minimum Gasteiger partial charge on any atom is -0.497 e. The molecule has 32 heavy (non-hydrogen) atoms. The molecule has 3 aromatic carbocycles. The number of aromatic nitrogens is 2. The lowest BCUT2D eigenvalue weighted by molar-refractivity contribution is 0.405. The summed E-state index contributed by atoms with van der Waals surface area (Å²) in [4.78, 5) is 8.98. The highest BCUT2D eigenvalue weighted by molar-refractivity contribution is 7.92. The topological polar surface area (TPSA) is 102 Å². The molecule has 8 nitrogen and oxygen atoms in total. The van der Waals surface area contributed by atoms with Crippen LogP contribution >= 0.6 is 11.6 Å². The lowest BCUT2D eigenvalue weighted by Crippen LogP contribution is -2.16. The standard InChI is InChI=1S/C22H19ClN4O4S/c1-30-14-11-12-19(31-2)18(13-14)26-21-22(25-17-9-5-4-8-16(17)24-21)27-32(28,29)20-10-6-3-7-15(20)23/h3-13H,1-2H3,(H,24,26)(H,25,27). The van der Waals surface area contributed by atoms with Gasteiger partial charge in [0.2, 0.25) is 0 Å². The van der Waals surface area contributed by atoms with E-state index in [1.807, 2.05) is 6.07 Å². The molecule has 0 aliphatic rings. The molecule has 10 heteroatoms. The summed E-state index contributed by atoms with van der Waals surface area (Å²) in [6.45, 7) is 0. The lowest BCUT2D eigenvalue weighted by atomic mass is 10.2. The third-order valence-corrected chi connectivity index (χ3v) is 6.43. The van der Waals surface area contributed by atoms with Crippen molar-refractivity contribution in [1.29, 1.82) is 0 Å². The zero-order chi connectivity index (χ0) is 22.7. The van der Waals surface area contributed by atoms with E-state index in [0.29, 0.717) is 28.2 Å². The monoisotopic (exact) mass is 470 g/mol. The number of halogens is 1. The van der Waals surface area contributed by atoms with Gasteiger partial charge in [-0.25, -0.2) is 18.4 Å². The van der Waals surface area contributed by atoms with Crippen LogP contribution in [0.3, 0.4) is 0 Å². The molecule has 0 saturated carbocycles. The van der Waals surface area contributed by atoms with Crippen molar-refractivity contribution in [1.82, 2.24) is 9.97 Å². The second kappa shape index (κ2) is 8.89. The van der Waals surface area contributed by atoms with Crippen LogP contribution in [0, 0.1) is 0 Å².